The van der Waals surface area contributed by atoms with Crippen molar-refractivity contribution in [3.8, 4) is 0 Å². The number of hydrogen-bond acceptors (Lipinski definition) is 1. The lowest BCUT2D eigenvalue weighted by atomic mass is 9.99. The van der Waals surface area contributed by atoms with E-state index in [1.165, 1.54) is 167 Å². The summed E-state index contributed by atoms with van der Waals surface area (Å²) in [6, 6.07) is 0.675. The van der Waals surface area contributed by atoms with Crippen molar-refractivity contribution in [3.05, 3.63) is 18.7 Å². The van der Waals surface area contributed by atoms with E-state index < -0.39 is 0 Å². The molecule has 0 radical (unpaired) electrons. The Balaban J connectivity index is 1.93. The van der Waals surface area contributed by atoms with E-state index in [-0.39, 0.29) is 0 Å². The second-order valence-corrected chi connectivity index (χ2v) is 11.0. The molecule has 1 atom stereocenters. The summed E-state index contributed by atoms with van der Waals surface area (Å²) in [5.74, 6) is 0. The highest BCUT2D eigenvalue weighted by atomic mass is 15.0. The van der Waals surface area contributed by atoms with Crippen LogP contribution < -0.4 is 0 Å². The Morgan fingerprint density at radius 1 is 0.471 bits per heavy atom. The highest BCUT2D eigenvalue weighted by Crippen LogP contribution is 2.24. The summed E-state index contributed by atoms with van der Waals surface area (Å²) in [5, 5.41) is 0. The first-order valence-electron chi connectivity index (χ1n) is 15.9. The van der Waals surface area contributed by atoms with Crippen LogP contribution in [0.1, 0.15) is 187 Å². The molecule has 1 rings (SSSR count). The Morgan fingerprint density at radius 2 is 0.794 bits per heavy atom. The zero-order valence-corrected chi connectivity index (χ0v) is 23.6. The third-order valence-corrected chi connectivity index (χ3v) is 7.73. The van der Waals surface area contributed by atoms with Crippen molar-refractivity contribution in [2.24, 2.45) is 0 Å². The van der Waals surface area contributed by atoms with E-state index in [1.807, 2.05) is 12.5 Å². The fourth-order valence-electron chi connectivity index (χ4n) is 5.37. The third-order valence-electron chi connectivity index (χ3n) is 7.73. The quantitative estimate of drug-likeness (QED) is 0.116. The monoisotopic (exact) mass is 474 g/mol. The molecular formula is C32H62N2. The van der Waals surface area contributed by atoms with Crippen LogP contribution in [0.2, 0.25) is 0 Å². The van der Waals surface area contributed by atoms with Gasteiger partial charge in [-0.1, -0.05) is 168 Å². The average molecular weight is 475 g/mol. The molecule has 34 heavy (non-hydrogen) atoms. The second kappa shape index (κ2) is 25.3. The van der Waals surface area contributed by atoms with Crippen molar-refractivity contribution < 1.29 is 0 Å². The van der Waals surface area contributed by atoms with Crippen LogP contribution in [-0.2, 0) is 0 Å². The van der Waals surface area contributed by atoms with E-state index in [2.05, 4.69) is 29.6 Å². The minimum Gasteiger partial charge on any atom is -0.334 e. The van der Waals surface area contributed by atoms with Gasteiger partial charge in [0, 0.05) is 18.4 Å². The first-order chi connectivity index (χ1) is 16.9. The van der Waals surface area contributed by atoms with Crippen LogP contribution in [0.5, 0.6) is 0 Å². The molecule has 0 aromatic carbocycles. The van der Waals surface area contributed by atoms with Crippen LogP contribution in [0.3, 0.4) is 0 Å². The van der Waals surface area contributed by atoms with Crippen molar-refractivity contribution in [2.45, 2.75) is 187 Å². The Labute approximate surface area is 215 Å². The molecule has 0 N–H and O–H groups in total. The molecule has 1 heterocycles. The molecule has 2 nitrogen and oxygen atoms in total. The summed E-state index contributed by atoms with van der Waals surface area (Å²) >= 11 is 0. The van der Waals surface area contributed by atoms with E-state index in [0.717, 1.165) is 0 Å². The van der Waals surface area contributed by atoms with Gasteiger partial charge in [0.15, 0.2) is 0 Å². The molecule has 0 saturated heterocycles. The van der Waals surface area contributed by atoms with E-state index in [9.17, 15) is 0 Å². The molecular weight excluding hydrogens is 412 g/mol. The normalized spacial score (nSPS) is 12.4. The van der Waals surface area contributed by atoms with Gasteiger partial charge in [0.1, 0.15) is 0 Å². The minimum atomic E-state index is 0.675. The Morgan fingerprint density at radius 3 is 1.09 bits per heavy atom. The molecule has 2 heteroatoms. The molecule has 0 aliphatic rings. The van der Waals surface area contributed by atoms with Crippen molar-refractivity contribution in [1.29, 1.82) is 0 Å². The van der Waals surface area contributed by atoms with Gasteiger partial charge in [-0.3, -0.25) is 0 Å². The Kier molecular flexibility index (Phi) is 23.3. The Hall–Kier alpha value is -0.790. The molecule has 1 aromatic heterocycles. The summed E-state index contributed by atoms with van der Waals surface area (Å²) in [4.78, 5) is 4.32. The van der Waals surface area contributed by atoms with Crippen LogP contribution in [0.15, 0.2) is 18.7 Å². The summed E-state index contributed by atoms with van der Waals surface area (Å²) in [5.41, 5.74) is 0. The fraction of sp³-hybridized carbons (Fsp3) is 0.906. The van der Waals surface area contributed by atoms with Gasteiger partial charge >= 0.3 is 0 Å². The molecule has 0 bridgehead atoms. The van der Waals surface area contributed by atoms with Crippen LogP contribution in [0.4, 0.5) is 0 Å². The number of nitrogens with zero attached hydrogens (tertiary/aromatic N) is 2. The van der Waals surface area contributed by atoms with Crippen molar-refractivity contribution >= 4 is 0 Å². The van der Waals surface area contributed by atoms with Gasteiger partial charge in [-0.05, 0) is 12.8 Å². The highest BCUT2D eigenvalue weighted by molar-refractivity contribution is 4.80. The lowest BCUT2D eigenvalue weighted by Crippen LogP contribution is -2.07. The lowest BCUT2D eigenvalue weighted by molar-refractivity contribution is 0.393. The largest absolute Gasteiger partial charge is 0.334 e. The van der Waals surface area contributed by atoms with Crippen molar-refractivity contribution in [3.63, 3.8) is 0 Å². The van der Waals surface area contributed by atoms with E-state index in [4.69, 9.17) is 0 Å². The number of rotatable bonds is 27. The topological polar surface area (TPSA) is 17.8 Å². The maximum absolute atomic E-state index is 4.32. The maximum Gasteiger partial charge on any atom is 0.0948 e. The molecule has 1 aromatic rings. The zero-order chi connectivity index (χ0) is 24.4. The van der Waals surface area contributed by atoms with E-state index in [0.29, 0.717) is 6.04 Å². The molecule has 0 aliphatic carbocycles. The summed E-state index contributed by atoms with van der Waals surface area (Å²) < 4.78 is 2.38. The van der Waals surface area contributed by atoms with Gasteiger partial charge < -0.3 is 4.57 Å². The molecule has 0 saturated carbocycles. The fourth-order valence-corrected chi connectivity index (χ4v) is 5.37. The standard InChI is InChI=1S/C32H62N2/c1-3-5-7-9-11-13-14-15-16-17-18-19-20-22-24-26-28-32(34-30-29-33-31-34)27-25-23-21-12-10-8-6-4-2/h29-32H,3-28H2,1-2H3. The van der Waals surface area contributed by atoms with Gasteiger partial charge in [0.25, 0.3) is 0 Å². The zero-order valence-electron chi connectivity index (χ0n) is 23.6. The first-order valence-corrected chi connectivity index (χ1v) is 15.9. The predicted molar refractivity (Wildman–Crippen MR) is 153 cm³/mol. The summed E-state index contributed by atoms with van der Waals surface area (Å²) in [6.45, 7) is 4.60. The molecule has 0 amide bonds. The van der Waals surface area contributed by atoms with Crippen molar-refractivity contribution in [1.82, 2.24) is 9.55 Å². The second-order valence-electron chi connectivity index (χ2n) is 11.0. The summed E-state index contributed by atoms with van der Waals surface area (Å²) in [7, 11) is 0. The van der Waals surface area contributed by atoms with Gasteiger partial charge in [-0.15, -0.1) is 0 Å². The molecule has 0 spiro atoms. The SMILES string of the molecule is CCCCCCCCCCCCCCCCCCC(CCCCCCCCCC)n1ccnc1. The highest BCUT2D eigenvalue weighted by Gasteiger charge is 2.10. The molecule has 0 fully saturated rings. The average Bonchev–Trinajstić information content (AvgIpc) is 3.39. The Bertz CT molecular complexity index is 481. The van der Waals surface area contributed by atoms with Crippen LogP contribution in [-0.4, -0.2) is 9.55 Å². The third kappa shape index (κ3) is 19.5. The van der Waals surface area contributed by atoms with E-state index >= 15 is 0 Å². The number of hydrogen-bond donors (Lipinski definition) is 0. The van der Waals surface area contributed by atoms with Gasteiger partial charge in [-0.25, -0.2) is 4.98 Å². The van der Waals surface area contributed by atoms with Crippen LogP contribution in [0.25, 0.3) is 0 Å². The molecule has 0 aliphatic heterocycles. The van der Waals surface area contributed by atoms with Crippen molar-refractivity contribution in [2.75, 3.05) is 0 Å². The molecule has 1 unspecified atom stereocenters. The van der Waals surface area contributed by atoms with Gasteiger partial charge in [0.05, 0.1) is 6.33 Å². The van der Waals surface area contributed by atoms with Gasteiger partial charge in [-0.2, -0.15) is 0 Å². The lowest BCUT2D eigenvalue weighted by Gasteiger charge is -2.18. The van der Waals surface area contributed by atoms with Crippen LogP contribution >= 0.6 is 0 Å². The maximum atomic E-state index is 4.32. The first kappa shape index (κ1) is 31.2. The van der Waals surface area contributed by atoms with Crippen LogP contribution in [0, 0.1) is 0 Å². The number of unbranched alkanes of at least 4 members (excludes halogenated alkanes) is 22. The smallest absolute Gasteiger partial charge is 0.0948 e. The summed E-state index contributed by atoms with van der Waals surface area (Å²) in [6.07, 6.45) is 43.4. The van der Waals surface area contributed by atoms with E-state index in [1.54, 1.807) is 0 Å². The predicted octanol–water partition coefficient (Wildman–Crippen LogP) is 11.6. The minimum absolute atomic E-state index is 0.675. The molecule has 200 valence electrons. The van der Waals surface area contributed by atoms with Gasteiger partial charge in [0.2, 0.25) is 0 Å². The number of aromatic nitrogens is 2. The number of imidazole rings is 1.